The Bertz CT molecular complexity index is 339. The van der Waals surface area contributed by atoms with Gasteiger partial charge in [-0.3, -0.25) is 4.99 Å². The molecule has 68 valence electrons. The van der Waals surface area contributed by atoms with E-state index in [4.69, 9.17) is 4.74 Å². The number of hydrogen-bond donors (Lipinski definition) is 0. The van der Waals surface area contributed by atoms with Gasteiger partial charge in [-0.1, -0.05) is 12.1 Å². The van der Waals surface area contributed by atoms with Crippen LogP contribution in [0.4, 0.5) is 0 Å². The molecule has 14 heavy (non-hydrogen) atoms. The van der Waals surface area contributed by atoms with E-state index in [0.717, 1.165) is 0 Å². The molecule has 1 aromatic rings. The van der Waals surface area contributed by atoms with Crippen LogP contribution in [0.15, 0.2) is 29.3 Å². The zero-order chi connectivity index (χ0) is 9.68. The Morgan fingerprint density at radius 1 is 1.57 bits per heavy atom. The molecule has 0 aliphatic rings. The van der Waals surface area contributed by atoms with Crippen LogP contribution in [0.3, 0.4) is 0 Å². The topological polar surface area (TPSA) is 61.7 Å². The second kappa shape index (κ2) is 6.59. The standard InChI is InChI=1S/C9H9NO3.Na/c1-10-6-13-8-4-2-3-7(5-8)9(11)12;/h2-6H,1H3,(H,11,12);/q;+1/p-1. The van der Waals surface area contributed by atoms with E-state index in [-0.39, 0.29) is 35.1 Å². The van der Waals surface area contributed by atoms with Gasteiger partial charge in [-0.05, 0) is 12.1 Å². The van der Waals surface area contributed by atoms with E-state index in [0.29, 0.717) is 5.75 Å². The van der Waals surface area contributed by atoms with E-state index in [1.807, 2.05) is 0 Å². The summed E-state index contributed by atoms with van der Waals surface area (Å²) >= 11 is 0. The Morgan fingerprint density at radius 3 is 2.86 bits per heavy atom. The zero-order valence-electron chi connectivity index (χ0n) is 8.06. The molecule has 0 saturated carbocycles. The fourth-order valence-electron chi connectivity index (χ4n) is 0.810. The number of carboxylic acids is 1. The minimum atomic E-state index is -1.22. The number of benzene rings is 1. The summed E-state index contributed by atoms with van der Waals surface area (Å²) in [6.45, 7) is 0. The Labute approximate surface area is 104 Å². The van der Waals surface area contributed by atoms with Crippen molar-refractivity contribution in [2.75, 3.05) is 7.05 Å². The van der Waals surface area contributed by atoms with Crippen molar-refractivity contribution < 1.29 is 44.2 Å². The zero-order valence-corrected chi connectivity index (χ0v) is 10.1. The number of hydrogen-bond acceptors (Lipinski definition) is 4. The van der Waals surface area contributed by atoms with Crippen LogP contribution >= 0.6 is 0 Å². The molecule has 0 heterocycles. The Kier molecular flexibility index (Phi) is 6.19. The van der Waals surface area contributed by atoms with Crippen LogP contribution in [0, 0.1) is 0 Å². The Balaban J connectivity index is 0.00000169. The molecule has 1 aromatic carbocycles. The monoisotopic (exact) mass is 201 g/mol. The van der Waals surface area contributed by atoms with Gasteiger partial charge in [0.15, 0.2) is 6.40 Å². The third kappa shape index (κ3) is 3.91. The molecule has 0 aliphatic heterocycles. The minimum Gasteiger partial charge on any atom is -0.545 e. The molecule has 0 aliphatic carbocycles. The summed E-state index contributed by atoms with van der Waals surface area (Å²) in [5, 5.41) is 10.4. The average Bonchev–Trinajstić information content (AvgIpc) is 2.15. The van der Waals surface area contributed by atoms with Gasteiger partial charge in [0.1, 0.15) is 5.75 Å². The van der Waals surface area contributed by atoms with Crippen LogP contribution in [0.5, 0.6) is 5.75 Å². The van der Waals surface area contributed by atoms with Crippen molar-refractivity contribution in [1.82, 2.24) is 0 Å². The predicted molar refractivity (Wildman–Crippen MR) is 45.8 cm³/mol. The summed E-state index contributed by atoms with van der Waals surface area (Å²) in [5.74, 6) is -0.800. The molecule has 0 fully saturated rings. The van der Waals surface area contributed by atoms with Crippen molar-refractivity contribution >= 4 is 12.4 Å². The first-order valence-corrected chi connectivity index (χ1v) is 3.62. The van der Waals surface area contributed by atoms with Gasteiger partial charge < -0.3 is 14.6 Å². The predicted octanol–water partition coefficient (Wildman–Crippen LogP) is -2.91. The second-order valence-corrected chi connectivity index (χ2v) is 2.30. The molecule has 4 nitrogen and oxygen atoms in total. The van der Waals surface area contributed by atoms with Crippen molar-refractivity contribution in [2.24, 2.45) is 4.99 Å². The Hall–Kier alpha value is -0.840. The Morgan fingerprint density at radius 2 is 2.29 bits per heavy atom. The smallest absolute Gasteiger partial charge is 0.545 e. The van der Waals surface area contributed by atoms with Gasteiger partial charge in [0.2, 0.25) is 0 Å². The first kappa shape index (κ1) is 13.2. The fourth-order valence-corrected chi connectivity index (χ4v) is 0.810. The molecule has 0 bridgehead atoms. The maximum atomic E-state index is 10.4. The number of aromatic carboxylic acids is 1. The number of ether oxygens (including phenoxy) is 1. The van der Waals surface area contributed by atoms with Gasteiger partial charge in [0.25, 0.3) is 0 Å². The molecule has 0 radical (unpaired) electrons. The van der Waals surface area contributed by atoms with E-state index in [1.165, 1.54) is 18.5 Å². The maximum absolute atomic E-state index is 10.4. The van der Waals surface area contributed by atoms with Gasteiger partial charge in [-0.15, -0.1) is 0 Å². The first-order chi connectivity index (χ1) is 6.24. The van der Waals surface area contributed by atoms with Crippen LogP contribution in [-0.2, 0) is 0 Å². The molecule has 5 heteroatoms. The molecule has 0 saturated heterocycles. The van der Waals surface area contributed by atoms with Crippen molar-refractivity contribution in [1.29, 1.82) is 0 Å². The summed E-state index contributed by atoms with van der Waals surface area (Å²) in [5.41, 5.74) is 0.0852. The number of nitrogens with zero attached hydrogens (tertiary/aromatic N) is 1. The van der Waals surface area contributed by atoms with E-state index in [9.17, 15) is 9.90 Å². The van der Waals surface area contributed by atoms with Crippen molar-refractivity contribution in [3.05, 3.63) is 29.8 Å². The SMILES string of the molecule is CN=COc1cccc(C(=O)[O-])c1.[Na+]. The number of carbonyl (C=O) groups excluding carboxylic acids is 1. The third-order valence-electron chi connectivity index (χ3n) is 1.36. The van der Waals surface area contributed by atoms with Gasteiger partial charge >= 0.3 is 29.6 Å². The summed E-state index contributed by atoms with van der Waals surface area (Å²) in [6, 6.07) is 6.01. The van der Waals surface area contributed by atoms with E-state index in [1.54, 1.807) is 19.2 Å². The molecular formula is C9H8NNaO3. The van der Waals surface area contributed by atoms with Crippen LogP contribution in [-0.4, -0.2) is 19.4 Å². The van der Waals surface area contributed by atoms with Crippen molar-refractivity contribution in [3.8, 4) is 5.75 Å². The van der Waals surface area contributed by atoms with E-state index >= 15 is 0 Å². The van der Waals surface area contributed by atoms with E-state index in [2.05, 4.69) is 4.99 Å². The molecule has 0 amide bonds. The van der Waals surface area contributed by atoms with Crippen LogP contribution in [0.25, 0.3) is 0 Å². The summed E-state index contributed by atoms with van der Waals surface area (Å²) in [7, 11) is 1.56. The number of carbonyl (C=O) groups is 1. The average molecular weight is 201 g/mol. The quantitative estimate of drug-likeness (QED) is 0.299. The number of aliphatic imine (C=N–C) groups is 1. The van der Waals surface area contributed by atoms with E-state index < -0.39 is 5.97 Å². The van der Waals surface area contributed by atoms with Crippen LogP contribution in [0.2, 0.25) is 0 Å². The summed E-state index contributed by atoms with van der Waals surface area (Å²) in [6.07, 6.45) is 1.23. The van der Waals surface area contributed by atoms with Crippen LogP contribution < -0.4 is 39.4 Å². The number of rotatable bonds is 3. The molecule has 0 aromatic heterocycles. The molecule has 0 atom stereocenters. The van der Waals surface area contributed by atoms with Gasteiger partial charge in [-0.2, -0.15) is 0 Å². The molecule has 0 unspecified atom stereocenters. The van der Waals surface area contributed by atoms with Gasteiger partial charge in [-0.25, -0.2) is 0 Å². The molecule has 0 N–H and O–H groups in total. The fraction of sp³-hybridized carbons (Fsp3) is 0.111. The molecule has 1 rings (SSSR count). The largest absolute Gasteiger partial charge is 1.00 e. The molecule has 0 spiro atoms. The van der Waals surface area contributed by atoms with Crippen molar-refractivity contribution in [3.63, 3.8) is 0 Å². The summed E-state index contributed by atoms with van der Waals surface area (Å²) < 4.78 is 4.96. The van der Waals surface area contributed by atoms with Gasteiger partial charge in [0, 0.05) is 12.6 Å². The minimum absolute atomic E-state index is 0. The normalized spacial score (nSPS) is 9.50. The van der Waals surface area contributed by atoms with Gasteiger partial charge in [0.05, 0.1) is 5.97 Å². The first-order valence-electron chi connectivity index (χ1n) is 3.62. The maximum Gasteiger partial charge on any atom is 1.00 e. The van der Waals surface area contributed by atoms with Crippen molar-refractivity contribution in [2.45, 2.75) is 0 Å². The van der Waals surface area contributed by atoms with Crippen LogP contribution in [0.1, 0.15) is 10.4 Å². The molecular weight excluding hydrogens is 193 g/mol. The second-order valence-electron chi connectivity index (χ2n) is 2.30. The number of carboxylic acid groups (broad SMARTS) is 1. The third-order valence-corrected chi connectivity index (χ3v) is 1.36. The summed E-state index contributed by atoms with van der Waals surface area (Å²) in [4.78, 5) is 14.0.